The molecule has 164 valence electrons. The number of rotatable bonds is 13. The maximum Gasteiger partial charge on any atom is 0.311 e. The first kappa shape index (κ1) is 23.7. The lowest BCUT2D eigenvalue weighted by Crippen LogP contribution is -2.17. The second-order valence-corrected chi connectivity index (χ2v) is 8.54. The molecule has 0 N–H and O–H groups in total. The van der Waals surface area contributed by atoms with E-state index in [9.17, 15) is 9.18 Å². The molecule has 1 aliphatic rings. The molecule has 0 unspecified atom stereocenters. The van der Waals surface area contributed by atoms with Gasteiger partial charge >= 0.3 is 5.97 Å². The molecule has 1 saturated carbocycles. The molecule has 1 aliphatic carbocycles. The Kier molecular flexibility index (Phi) is 11.1. The van der Waals surface area contributed by atoms with E-state index in [4.69, 9.17) is 9.47 Å². The lowest BCUT2D eigenvalue weighted by Gasteiger charge is -2.28. The highest BCUT2D eigenvalue weighted by Crippen LogP contribution is 2.34. The summed E-state index contributed by atoms with van der Waals surface area (Å²) in [6, 6.07) is 4.42. The SMILES string of the molecule is CCCCCCCOc1ccc(OC(=O)CC[C@H]2CC[C@H](CCC)CC2)cc1F. The molecular weight excluding hydrogens is 367 g/mol. The fourth-order valence-electron chi connectivity index (χ4n) is 4.27. The van der Waals surface area contributed by atoms with E-state index in [1.54, 1.807) is 12.1 Å². The summed E-state index contributed by atoms with van der Waals surface area (Å²) in [5.41, 5.74) is 0. The lowest BCUT2D eigenvalue weighted by atomic mass is 9.78. The molecule has 2 rings (SSSR count). The van der Waals surface area contributed by atoms with Crippen LogP contribution in [0, 0.1) is 17.7 Å². The van der Waals surface area contributed by atoms with Crippen molar-refractivity contribution in [1.29, 1.82) is 0 Å². The predicted octanol–water partition coefficient (Wildman–Crippen LogP) is 7.47. The molecule has 4 heteroatoms. The molecule has 0 aromatic heterocycles. The molecule has 0 aliphatic heterocycles. The quantitative estimate of drug-likeness (QED) is 0.194. The Bertz CT molecular complexity index is 594. The number of hydrogen-bond donors (Lipinski definition) is 0. The van der Waals surface area contributed by atoms with E-state index in [2.05, 4.69) is 13.8 Å². The molecule has 0 saturated heterocycles. The van der Waals surface area contributed by atoms with Gasteiger partial charge in [-0.05, 0) is 36.8 Å². The number of esters is 1. The van der Waals surface area contributed by atoms with Crippen molar-refractivity contribution in [3.63, 3.8) is 0 Å². The second-order valence-electron chi connectivity index (χ2n) is 8.54. The zero-order valence-corrected chi connectivity index (χ0v) is 18.4. The third kappa shape index (κ3) is 9.18. The van der Waals surface area contributed by atoms with Gasteiger partial charge in [0.25, 0.3) is 0 Å². The molecule has 1 aromatic carbocycles. The topological polar surface area (TPSA) is 35.5 Å². The third-order valence-corrected chi connectivity index (χ3v) is 6.06. The maximum absolute atomic E-state index is 14.2. The summed E-state index contributed by atoms with van der Waals surface area (Å²) in [7, 11) is 0. The van der Waals surface area contributed by atoms with Crippen LogP contribution >= 0.6 is 0 Å². The minimum Gasteiger partial charge on any atom is -0.491 e. The Morgan fingerprint density at radius 1 is 0.966 bits per heavy atom. The zero-order valence-electron chi connectivity index (χ0n) is 18.4. The van der Waals surface area contributed by atoms with Crippen LogP contribution in [0.2, 0.25) is 0 Å². The van der Waals surface area contributed by atoms with Crippen LogP contribution in [0.4, 0.5) is 4.39 Å². The minimum absolute atomic E-state index is 0.226. The van der Waals surface area contributed by atoms with E-state index < -0.39 is 5.82 Å². The Hall–Kier alpha value is -1.58. The van der Waals surface area contributed by atoms with Crippen LogP contribution in [-0.2, 0) is 4.79 Å². The minimum atomic E-state index is -0.474. The van der Waals surface area contributed by atoms with Crippen LogP contribution in [0.1, 0.15) is 97.3 Å². The first-order valence-corrected chi connectivity index (χ1v) is 11.7. The highest BCUT2D eigenvalue weighted by molar-refractivity contribution is 5.72. The zero-order chi connectivity index (χ0) is 20.9. The Balaban J connectivity index is 1.66. The lowest BCUT2D eigenvalue weighted by molar-refractivity contribution is -0.134. The summed E-state index contributed by atoms with van der Waals surface area (Å²) < 4.78 is 25.0. The van der Waals surface area contributed by atoms with Crippen molar-refractivity contribution >= 4 is 5.97 Å². The molecule has 0 heterocycles. The van der Waals surface area contributed by atoms with Gasteiger partial charge in [-0.15, -0.1) is 0 Å². The normalized spacial score (nSPS) is 19.1. The van der Waals surface area contributed by atoms with Crippen molar-refractivity contribution in [3.8, 4) is 11.5 Å². The average molecular weight is 407 g/mol. The van der Waals surface area contributed by atoms with Gasteiger partial charge in [0.05, 0.1) is 6.61 Å². The summed E-state index contributed by atoms with van der Waals surface area (Å²) in [5.74, 6) is 1.24. The standard InChI is InChI=1S/C25H39FO3/c1-3-5-6-7-8-18-28-24-16-15-22(19-23(24)26)29-25(27)17-14-21-12-10-20(9-4-2)11-13-21/h15-16,19-21H,3-14,17-18H2,1-2H3/t20-,21-. The molecule has 1 fully saturated rings. The summed E-state index contributed by atoms with van der Waals surface area (Å²) in [6.07, 6.45) is 14.6. The van der Waals surface area contributed by atoms with Crippen LogP contribution in [0.15, 0.2) is 18.2 Å². The number of carbonyl (C=O) groups is 1. The van der Waals surface area contributed by atoms with Crippen molar-refractivity contribution in [3.05, 3.63) is 24.0 Å². The smallest absolute Gasteiger partial charge is 0.311 e. The molecule has 1 aromatic rings. The Labute approximate surface area is 176 Å². The molecular formula is C25H39FO3. The molecule has 0 spiro atoms. The van der Waals surface area contributed by atoms with Crippen molar-refractivity contribution in [2.75, 3.05) is 6.61 Å². The van der Waals surface area contributed by atoms with Gasteiger partial charge in [-0.3, -0.25) is 4.79 Å². The van der Waals surface area contributed by atoms with Gasteiger partial charge < -0.3 is 9.47 Å². The van der Waals surface area contributed by atoms with Gasteiger partial charge in [0, 0.05) is 12.5 Å². The predicted molar refractivity (Wildman–Crippen MR) is 116 cm³/mol. The number of hydrogen-bond acceptors (Lipinski definition) is 3. The number of halogens is 1. The average Bonchev–Trinajstić information content (AvgIpc) is 2.72. The van der Waals surface area contributed by atoms with Crippen molar-refractivity contribution in [1.82, 2.24) is 0 Å². The number of benzene rings is 1. The first-order valence-electron chi connectivity index (χ1n) is 11.7. The van der Waals surface area contributed by atoms with Crippen LogP contribution in [-0.4, -0.2) is 12.6 Å². The van der Waals surface area contributed by atoms with E-state index in [-0.39, 0.29) is 17.5 Å². The molecule has 3 nitrogen and oxygen atoms in total. The van der Waals surface area contributed by atoms with E-state index in [1.165, 1.54) is 63.9 Å². The highest BCUT2D eigenvalue weighted by atomic mass is 19.1. The van der Waals surface area contributed by atoms with Crippen molar-refractivity contribution in [2.24, 2.45) is 11.8 Å². The van der Waals surface area contributed by atoms with Gasteiger partial charge in [-0.25, -0.2) is 4.39 Å². The number of carbonyl (C=O) groups excluding carboxylic acids is 1. The van der Waals surface area contributed by atoms with Gasteiger partial charge in [0.1, 0.15) is 5.75 Å². The summed E-state index contributed by atoms with van der Waals surface area (Å²) in [6.45, 7) is 4.94. The van der Waals surface area contributed by atoms with Gasteiger partial charge in [-0.2, -0.15) is 0 Å². The van der Waals surface area contributed by atoms with E-state index >= 15 is 0 Å². The fourth-order valence-corrected chi connectivity index (χ4v) is 4.27. The molecule has 0 atom stereocenters. The Morgan fingerprint density at radius 2 is 1.66 bits per heavy atom. The van der Waals surface area contributed by atoms with Gasteiger partial charge in [0.15, 0.2) is 11.6 Å². The molecule has 0 radical (unpaired) electrons. The molecule has 29 heavy (non-hydrogen) atoms. The van der Waals surface area contributed by atoms with Crippen LogP contribution < -0.4 is 9.47 Å². The second kappa shape index (κ2) is 13.6. The van der Waals surface area contributed by atoms with Crippen molar-refractivity contribution < 1.29 is 18.7 Å². The summed E-state index contributed by atoms with van der Waals surface area (Å²) in [4.78, 5) is 12.1. The van der Waals surface area contributed by atoms with Crippen LogP contribution in [0.5, 0.6) is 11.5 Å². The number of unbranched alkanes of at least 4 members (excludes halogenated alkanes) is 4. The number of ether oxygens (including phenoxy) is 2. The highest BCUT2D eigenvalue weighted by Gasteiger charge is 2.21. The van der Waals surface area contributed by atoms with Gasteiger partial charge in [-0.1, -0.05) is 78.1 Å². The van der Waals surface area contributed by atoms with Gasteiger partial charge in [0.2, 0.25) is 0 Å². The Morgan fingerprint density at radius 3 is 2.31 bits per heavy atom. The molecule has 0 amide bonds. The third-order valence-electron chi connectivity index (χ3n) is 6.06. The summed E-state index contributed by atoms with van der Waals surface area (Å²) in [5, 5.41) is 0. The molecule has 0 bridgehead atoms. The maximum atomic E-state index is 14.2. The summed E-state index contributed by atoms with van der Waals surface area (Å²) >= 11 is 0. The van der Waals surface area contributed by atoms with Crippen LogP contribution in [0.25, 0.3) is 0 Å². The van der Waals surface area contributed by atoms with E-state index in [0.29, 0.717) is 18.9 Å². The van der Waals surface area contributed by atoms with Crippen LogP contribution in [0.3, 0.4) is 0 Å². The van der Waals surface area contributed by atoms with Crippen molar-refractivity contribution in [2.45, 2.75) is 97.3 Å². The van der Waals surface area contributed by atoms with E-state index in [0.717, 1.165) is 25.2 Å². The fraction of sp³-hybridized carbons (Fsp3) is 0.720. The largest absolute Gasteiger partial charge is 0.491 e. The first-order chi connectivity index (χ1) is 14.1. The monoisotopic (exact) mass is 406 g/mol. The van der Waals surface area contributed by atoms with E-state index in [1.807, 2.05) is 0 Å².